The number of methoxy groups -OCH3 is 2. The molecule has 6 nitrogen and oxygen atoms in total. The highest BCUT2D eigenvalue weighted by molar-refractivity contribution is 5.97. The Kier molecular flexibility index (Phi) is 7.34. The molecule has 0 saturated carbocycles. The standard InChI is InChI=1S/C20H27N3O3/c1-15-5-4-10-23(13-15)14-17(12-21)20(24)22-9-8-16-6-7-18(25-2)19(11-16)26-3/h6-7,11,14-15H,4-5,8-10,13H2,1-3H3,(H,22,24)/b17-14-. The predicted octanol–water partition coefficient (Wildman–Crippen LogP) is 2.50. The summed E-state index contributed by atoms with van der Waals surface area (Å²) in [5.74, 6) is 1.60. The van der Waals surface area contributed by atoms with Gasteiger partial charge in [0.1, 0.15) is 11.6 Å². The number of hydrogen-bond donors (Lipinski definition) is 1. The number of nitrogens with one attached hydrogen (secondary N) is 1. The van der Waals surface area contributed by atoms with Crippen molar-refractivity contribution < 1.29 is 14.3 Å². The topological polar surface area (TPSA) is 74.6 Å². The fourth-order valence-electron chi connectivity index (χ4n) is 3.12. The van der Waals surface area contributed by atoms with Crippen LogP contribution in [0.2, 0.25) is 0 Å². The van der Waals surface area contributed by atoms with Crippen LogP contribution >= 0.6 is 0 Å². The van der Waals surface area contributed by atoms with E-state index in [1.165, 1.54) is 6.42 Å². The van der Waals surface area contributed by atoms with Crippen LogP contribution in [0.4, 0.5) is 0 Å². The number of hydrogen-bond acceptors (Lipinski definition) is 5. The third-order valence-corrected chi connectivity index (χ3v) is 4.51. The van der Waals surface area contributed by atoms with Crippen LogP contribution in [0, 0.1) is 17.2 Å². The third-order valence-electron chi connectivity index (χ3n) is 4.51. The van der Waals surface area contributed by atoms with Crippen LogP contribution < -0.4 is 14.8 Å². The van der Waals surface area contributed by atoms with E-state index in [4.69, 9.17) is 9.47 Å². The Labute approximate surface area is 155 Å². The molecule has 1 aromatic rings. The van der Waals surface area contributed by atoms with E-state index in [2.05, 4.69) is 17.1 Å². The van der Waals surface area contributed by atoms with Gasteiger partial charge in [-0.2, -0.15) is 5.26 Å². The largest absolute Gasteiger partial charge is 0.493 e. The van der Waals surface area contributed by atoms with Crippen LogP contribution in [0.3, 0.4) is 0 Å². The van der Waals surface area contributed by atoms with Crippen molar-refractivity contribution in [2.24, 2.45) is 5.92 Å². The van der Waals surface area contributed by atoms with E-state index in [1.807, 2.05) is 24.3 Å². The smallest absolute Gasteiger partial charge is 0.263 e. The fourth-order valence-corrected chi connectivity index (χ4v) is 3.12. The Morgan fingerprint density at radius 1 is 1.38 bits per heavy atom. The Bertz CT molecular complexity index is 694. The molecule has 1 aliphatic rings. The number of carbonyl (C=O) groups is 1. The van der Waals surface area contributed by atoms with Crippen LogP contribution in [0.15, 0.2) is 30.0 Å². The summed E-state index contributed by atoms with van der Waals surface area (Å²) in [4.78, 5) is 14.3. The highest BCUT2D eigenvalue weighted by Gasteiger charge is 2.16. The van der Waals surface area contributed by atoms with E-state index in [1.54, 1.807) is 20.4 Å². The zero-order chi connectivity index (χ0) is 18.9. The number of likely N-dealkylation sites (tertiary alicyclic amines) is 1. The molecular formula is C20H27N3O3. The van der Waals surface area contributed by atoms with Gasteiger partial charge in [0.15, 0.2) is 11.5 Å². The van der Waals surface area contributed by atoms with Crippen LogP contribution in [-0.4, -0.2) is 44.7 Å². The lowest BCUT2D eigenvalue weighted by molar-refractivity contribution is -0.117. The lowest BCUT2D eigenvalue weighted by atomic mass is 10.0. The molecule has 0 aromatic heterocycles. The lowest BCUT2D eigenvalue weighted by Gasteiger charge is -2.29. The van der Waals surface area contributed by atoms with Gasteiger partial charge in [-0.15, -0.1) is 0 Å². The summed E-state index contributed by atoms with van der Waals surface area (Å²) < 4.78 is 10.5. The summed E-state index contributed by atoms with van der Waals surface area (Å²) in [7, 11) is 3.19. The van der Waals surface area contributed by atoms with Crippen molar-refractivity contribution in [2.75, 3.05) is 33.9 Å². The molecule has 1 saturated heterocycles. The zero-order valence-electron chi connectivity index (χ0n) is 15.7. The maximum absolute atomic E-state index is 12.3. The normalized spacial score (nSPS) is 17.4. The first-order valence-electron chi connectivity index (χ1n) is 8.92. The van der Waals surface area contributed by atoms with Crippen LogP contribution in [0.1, 0.15) is 25.3 Å². The van der Waals surface area contributed by atoms with Crippen LogP contribution in [-0.2, 0) is 11.2 Å². The highest BCUT2D eigenvalue weighted by atomic mass is 16.5. The molecule has 1 aromatic carbocycles. The van der Waals surface area contributed by atoms with Crippen molar-refractivity contribution in [2.45, 2.75) is 26.2 Å². The van der Waals surface area contributed by atoms with Gasteiger partial charge in [-0.3, -0.25) is 4.79 Å². The van der Waals surface area contributed by atoms with Gasteiger partial charge in [-0.05, 0) is 42.9 Å². The molecule has 0 spiro atoms. The second kappa shape index (κ2) is 9.71. The van der Waals surface area contributed by atoms with E-state index in [-0.39, 0.29) is 11.5 Å². The molecule has 1 unspecified atom stereocenters. The number of benzene rings is 1. The first kappa shape index (κ1) is 19.6. The quantitative estimate of drug-likeness (QED) is 0.599. The van der Waals surface area contributed by atoms with Gasteiger partial charge in [0.2, 0.25) is 0 Å². The summed E-state index contributed by atoms with van der Waals surface area (Å²) in [5, 5.41) is 12.1. The van der Waals surface area contributed by atoms with Gasteiger partial charge in [0.05, 0.1) is 14.2 Å². The molecule has 1 fully saturated rings. The number of amides is 1. The van der Waals surface area contributed by atoms with Crippen molar-refractivity contribution in [3.05, 3.63) is 35.5 Å². The van der Waals surface area contributed by atoms with E-state index in [0.717, 1.165) is 25.1 Å². The number of piperidine rings is 1. The average molecular weight is 357 g/mol. The first-order valence-corrected chi connectivity index (χ1v) is 8.92. The minimum absolute atomic E-state index is 0.159. The van der Waals surface area contributed by atoms with E-state index in [9.17, 15) is 10.1 Å². The van der Waals surface area contributed by atoms with Crippen molar-refractivity contribution >= 4 is 5.91 Å². The van der Waals surface area contributed by atoms with Crippen molar-refractivity contribution in [1.29, 1.82) is 5.26 Å². The second-order valence-electron chi connectivity index (χ2n) is 6.59. The number of rotatable bonds is 7. The summed E-state index contributed by atoms with van der Waals surface area (Å²) in [6.07, 6.45) is 4.63. The Balaban J connectivity index is 1.90. The van der Waals surface area contributed by atoms with Crippen molar-refractivity contribution in [3.63, 3.8) is 0 Å². The van der Waals surface area contributed by atoms with Gasteiger partial charge in [0, 0.05) is 25.8 Å². The zero-order valence-corrected chi connectivity index (χ0v) is 15.7. The maximum atomic E-state index is 12.3. The fraction of sp³-hybridized carbons (Fsp3) is 0.500. The predicted molar refractivity (Wildman–Crippen MR) is 99.9 cm³/mol. The minimum atomic E-state index is -0.328. The van der Waals surface area contributed by atoms with Crippen LogP contribution in [0.25, 0.3) is 0 Å². The molecule has 26 heavy (non-hydrogen) atoms. The van der Waals surface area contributed by atoms with E-state index < -0.39 is 0 Å². The van der Waals surface area contributed by atoms with Crippen molar-refractivity contribution in [1.82, 2.24) is 10.2 Å². The lowest BCUT2D eigenvalue weighted by Crippen LogP contribution is -2.32. The Morgan fingerprint density at radius 2 is 2.15 bits per heavy atom. The van der Waals surface area contributed by atoms with Gasteiger partial charge in [-0.1, -0.05) is 13.0 Å². The van der Waals surface area contributed by atoms with Gasteiger partial charge < -0.3 is 19.7 Å². The first-order chi connectivity index (χ1) is 12.6. The van der Waals surface area contributed by atoms with E-state index >= 15 is 0 Å². The molecule has 1 heterocycles. The summed E-state index contributed by atoms with van der Waals surface area (Å²) in [5.41, 5.74) is 1.18. The van der Waals surface area contributed by atoms with E-state index in [0.29, 0.717) is 30.4 Å². The molecule has 1 amide bonds. The summed E-state index contributed by atoms with van der Waals surface area (Å²) in [6.45, 7) is 4.43. The molecule has 140 valence electrons. The highest BCUT2D eigenvalue weighted by Crippen LogP contribution is 2.27. The molecular weight excluding hydrogens is 330 g/mol. The molecule has 0 aliphatic carbocycles. The molecule has 1 N–H and O–H groups in total. The molecule has 0 radical (unpaired) electrons. The summed E-state index contributed by atoms with van der Waals surface area (Å²) in [6, 6.07) is 7.68. The molecule has 2 rings (SSSR count). The Hall–Kier alpha value is -2.68. The molecule has 1 aliphatic heterocycles. The van der Waals surface area contributed by atoms with Crippen molar-refractivity contribution in [3.8, 4) is 17.6 Å². The van der Waals surface area contributed by atoms with Gasteiger partial charge >= 0.3 is 0 Å². The second-order valence-corrected chi connectivity index (χ2v) is 6.59. The summed E-state index contributed by atoms with van der Waals surface area (Å²) >= 11 is 0. The third kappa shape index (κ3) is 5.41. The minimum Gasteiger partial charge on any atom is -0.493 e. The number of ether oxygens (including phenoxy) is 2. The average Bonchev–Trinajstić information content (AvgIpc) is 2.65. The molecule has 6 heteroatoms. The molecule has 1 atom stereocenters. The van der Waals surface area contributed by atoms with Gasteiger partial charge in [0.25, 0.3) is 5.91 Å². The monoisotopic (exact) mass is 357 g/mol. The van der Waals surface area contributed by atoms with Gasteiger partial charge in [-0.25, -0.2) is 0 Å². The SMILES string of the molecule is COc1ccc(CCNC(=O)/C(C#N)=C\N2CCCC(C)C2)cc1OC. The Morgan fingerprint density at radius 3 is 2.81 bits per heavy atom. The maximum Gasteiger partial charge on any atom is 0.263 e. The number of nitriles is 1. The number of carbonyl (C=O) groups excluding carboxylic acids is 1. The van der Waals surface area contributed by atoms with Crippen LogP contribution in [0.5, 0.6) is 11.5 Å². The number of nitrogens with zero attached hydrogens (tertiary/aromatic N) is 2. The molecule has 0 bridgehead atoms.